The van der Waals surface area contributed by atoms with Crippen LogP contribution in [0.3, 0.4) is 0 Å². The first-order valence-electron chi connectivity index (χ1n) is 5.95. The molecule has 0 aliphatic heterocycles. The highest BCUT2D eigenvalue weighted by Crippen LogP contribution is 2.39. The maximum absolute atomic E-state index is 10.9. The largest absolute Gasteiger partial charge is 0.688 e. The Morgan fingerprint density at radius 2 is 1.16 bits per heavy atom. The summed E-state index contributed by atoms with van der Waals surface area (Å²) in [4.78, 5) is 32.6. The van der Waals surface area contributed by atoms with Crippen molar-refractivity contribution in [3.63, 3.8) is 0 Å². The van der Waals surface area contributed by atoms with Crippen LogP contribution in [0.15, 0.2) is 60.7 Å². The second kappa shape index (κ2) is 6.56. The van der Waals surface area contributed by atoms with E-state index in [1.807, 2.05) is 60.7 Å². The van der Waals surface area contributed by atoms with Gasteiger partial charge in [-0.25, -0.2) is 0 Å². The highest BCUT2D eigenvalue weighted by Gasteiger charge is 2.14. The van der Waals surface area contributed by atoms with Crippen LogP contribution in [0.4, 0.5) is 0 Å². The Labute approximate surface area is 114 Å². The van der Waals surface area contributed by atoms with Gasteiger partial charge in [-0.15, -0.1) is 0 Å². The molecule has 0 saturated heterocycles. The SMILES string of the molecule is [O-][P+]([O-])([O-])CCP(c1ccccc1)c1ccccc1. The molecule has 0 fully saturated rings. The first kappa shape index (κ1) is 14.6. The molecule has 5 heteroatoms. The highest BCUT2D eigenvalue weighted by atomic mass is 31.2. The standard InChI is InChI=1S/C14H16O3P2/c15-19(16,17)12-11-18(13-7-3-1-4-8-13)14-9-5-2-6-10-14/h1-10H,11-12H2,(H2,15,16,17)/p-2. The van der Waals surface area contributed by atoms with Gasteiger partial charge in [-0.05, 0) is 18.5 Å². The molecule has 100 valence electrons. The van der Waals surface area contributed by atoms with Crippen LogP contribution in [0.25, 0.3) is 0 Å². The smallest absolute Gasteiger partial charge is 0.0470 e. The van der Waals surface area contributed by atoms with Gasteiger partial charge in [0.25, 0.3) is 0 Å². The maximum Gasteiger partial charge on any atom is 0.0470 e. The topological polar surface area (TPSA) is 69.2 Å². The first-order chi connectivity index (χ1) is 9.06. The Morgan fingerprint density at radius 3 is 1.53 bits per heavy atom. The summed E-state index contributed by atoms with van der Waals surface area (Å²) >= 11 is 0. The zero-order valence-electron chi connectivity index (χ0n) is 10.3. The molecule has 2 rings (SSSR count). The molecule has 0 aromatic heterocycles. The first-order valence-corrected chi connectivity index (χ1v) is 9.20. The lowest BCUT2D eigenvalue weighted by molar-refractivity contribution is -0.427. The van der Waals surface area contributed by atoms with Crippen molar-refractivity contribution in [2.24, 2.45) is 0 Å². The van der Waals surface area contributed by atoms with Crippen LogP contribution < -0.4 is 25.3 Å². The van der Waals surface area contributed by atoms with Crippen molar-refractivity contribution >= 4 is 26.5 Å². The third kappa shape index (κ3) is 4.65. The number of hydrogen-bond acceptors (Lipinski definition) is 3. The molecule has 0 saturated carbocycles. The Morgan fingerprint density at radius 1 is 0.737 bits per heavy atom. The monoisotopic (exact) mass is 292 g/mol. The van der Waals surface area contributed by atoms with Crippen molar-refractivity contribution in [2.75, 3.05) is 12.3 Å². The Hall–Kier alpha value is -0.820. The summed E-state index contributed by atoms with van der Waals surface area (Å²) in [6.45, 7) is 0. The molecule has 19 heavy (non-hydrogen) atoms. The molecule has 0 spiro atoms. The van der Waals surface area contributed by atoms with Crippen LogP contribution in [0.2, 0.25) is 0 Å². The molecule has 0 aliphatic carbocycles. The van der Waals surface area contributed by atoms with Crippen LogP contribution in [0, 0.1) is 0 Å². The molecule has 0 amide bonds. The Bertz CT molecular complexity index is 458. The summed E-state index contributed by atoms with van der Waals surface area (Å²) in [5, 5.41) is 2.19. The summed E-state index contributed by atoms with van der Waals surface area (Å²) < 4.78 is 0. The van der Waals surface area contributed by atoms with Crippen molar-refractivity contribution in [2.45, 2.75) is 0 Å². The van der Waals surface area contributed by atoms with E-state index in [1.54, 1.807) is 0 Å². The van der Waals surface area contributed by atoms with E-state index < -0.39 is 15.9 Å². The van der Waals surface area contributed by atoms with Gasteiger partial charge < -0.3 is 14.7 Å². The van der Waals surface area contributed by atoms with Crippen molar-refractivity contribution in [1.29, 1.82) is 0 Å². The lowest BCUT2D eigenvalue weighted by atomic mass is 10.4. The van der Waals surface area contributed by atoms with E-state index in [1.165, 1.54) is 0 Å². The summed E-state index contributed by atoms with van der Waals surface area (Å²) in [5.74, 6) is 0. The van der Waals surface area contributed by atoms with Crippen molar-refractivity contribution in [1.82, 2.24) is 0 Å². The van der Waals surface area contributed by atoms with E-state index in [0.29, 0.717) is 6.16 Å². The number of benzene rings is 2. The molecule has 0 radical (unpaired) electrons. The third-order valence-electron chi connectivity index (χ3n) is 2.73. The van der Waals surface area contributed by atoms with Gasteiger partial charge in [-0.3, -0.25) is 0 Å². The summed E-state index contributed by atoms with van der Waals surface area (Å²) in [6.07, 6.45) is 0.0934. The van der Waals surface area contributed by atoms with Gasteiger partial charge in [-0.1, -0.05) is 60.7 Å². The average Bonchev–Trinajstić information content (AvgIpc) is 2.40. The predicted octanol–water partition coefficient (Wildman–Crippen LogP) is -0.0372. The summed E-state index contributed by atoms with van der Waals surface area (Å²) in [6, 6.07) is 19.5. The molecular formula is C14H14O3P2-2. The highest BCUT2D eigenvalue weighted by molar-refractivity contribution is 7.73. The Balaban J connectivity index is 2.24. The molecule has 0 bridgehead atoms. The summed E-state index contributed by atoms with van der Waals surface area (Å²) in [5.41, 5.74) is 0. The molecule has 3 nitrogen and oxygen atoms in total. The van der Waals surface area contributed by atoms with Crippen molar-refractivity contribution in [3.8, 4) is 0 Å². The molecule has 2 aromatic carbocycles. The maximum atomic E-state index is 10.9. The fraction of sp³-hybridized carbons (Fsp3) is 0.143. The van der Waals surface area contributed by atoms with E-state index in [2.05, 4.69) is 0 Å². The minimum absolute atomic E-state index is 0.289. The molecule has 0 atom stereocenters. The molecule has 0 N–H and O–H groups in total. The van der Waals surface area contributed by atoms with E-state index >= 15 is 0 Å². The minimum Gasteiger partial charge on any atom is -0.688 e. The quantitative estimate of drug-likeness (QED) is 0.726. The predicted molar refractivity (Wildman–Crippen MR) is 75.7 cm³/mol. The molecule has 0 heterocycles. The van der Waals surface area contributed by atoms with E-state index in [9.17, 15) is 14.7 Å². The van der Waals surface area contributed by atoms with Gasteiger partial charge in [0, 0.05) is 12.3 Å². The van der Waals surface area contributed by atoms with E-state index in [0.717, 1.165) is 10.6 Å². The zero-order chi connectivity index (χ0) is 13.7. The lowest BCUT2D eigenvalue weighted by Crippen LogP contribution is -2.36. The van der Waals surface area contributed by atoms with E-state index in [-0.39, 0.29) is 6.16 Å². The van der Waals surface area contributed by atoms with Crippen molar-refractivity contribution in [3.05, 3.63) is 60.7 Å². The van der Waals surface area contributed by atoms with Crippen LogP contribution in [0.1, 0.15) is 0 Å². The minimum atomic E-state index is -4.44. The Kier molecular flexibility index (Phi) is 5.04. The van der Waals surface area contributed by atoms with Gasteiger partial charge in [0.1, 0.15) is 0 Å². The van der Waals surface area contributed by atoms with Crippen molar-refractivity contribution < 1.29 is 14.7 Å². The second-order valence-electron chi connectivity index (χ2n) is 4.16. The van der Waals surface area contributed by atoms with Crippen LogP contribution in [-0.4, -0.2) is 12.3 Å². The summed E-state index contributed by atoms with van der Waals surface area (Å²) in [7, 11) is -5.23. The van der Waals surface area contributed by atoms with Gasteiger partial charge in [-0.2, -0.15) is 7.94 Å². The molecule has 2 aromatic rings. The zero-order valence-corrected chi connectivity index (χ0v) is 12.1. The third-order valence-corrected chi connectivity index (χ3v) is 6.37. The van der Waals surface area contributed by atoms with Gasteiger partial charge in [0.15, 0.2) is 0 Å². The molecule has 0 unspecified atom stereocenters. The van der Waals surface area contributed by atoms with Crippen LogP contribution in [0.5, 0.6) is 0 Å². The van der Waals surface area contributed by atoms with Crippen LogP contribution in [-0.2, 0) is 0 Å². The second-order valence-corrected chi connectivity index (χ2v) is 8.16. The number of rotatable bonds is 5. The number of hydrogen-bond donors (Lipinski definition) is 0. The normalized spacial score (nSPS) is 11.8. The van der Waals surface area contributed by atoms with E-state index in [4.69, 9.17) is 0 Å². The molecular weight excluding hydrogens is 278 g/mol. The average molecular weight is 292 g/mol. The van der Waals surface area contributed by atoms with Crippen LogP contribution >= 0.6 is 15.9 Å². The van der Waals surface area contributed by atoms with Gasteiger partial charge in [0.2, 0.25) is 0 Å². The lowest BCUT2D eigenvalue weighted by Gasteiger charge is -2.43. The molecule has 0 aliphatic rings. The fourth-order valence-electron chi connectivity index (χ4n) is 1.85. The van der Waals surface area contributed by atoms with Gasteiger partial charge >= 0.3 is 0 Å². The fourth-order valence-corrected chi connectivity index (χ4v) is 5.50. The van der Waals surface area contributed by atoms with Gasteiger partial charge in [0.05, 0.1) is 0 Å².